The predicted molar refractivity (Wildman–Crippen MR) is 147 cm³/mol. The van der Waals surface area contributed by atoms with Crippen LogP contribution < -0.4 is 4.72 Å². The minimum absolute atomic E-state index is 0.0872. The first-order valence-electron chi connectivity index (χ1n) is 12.4. The second kappa shape index (κ2) is 9.40. The van der Waals surface area contributed by atoms with Gasteiger partial charge in [-0.15, -0.1) is 10.2 Å². The van der Waals surface area contributed by atoms with E-state index >= 15 is 0 Å². The third-order valence-corrected chi connectivity index (χ3v) is 11.0. The van der Waals surface area contributed by atoms with Crippen molar-refractivity contribution in [1.82, 2.24) is 28.3 Å². The lowest BCUT2D eigenvalue weighted by Crippen LogP contribution is -2.33. The van der Waals surface area contributed by atoms with Gasteiger partial charge in [0.1, 0.15) is 5.82 Å². The van der Waals surface area contributed by atoms with Crippen LogP contribution in [0.3, 0.4) is 0 Å². The average Bonchev–Trinajstić information content (AvgIpc) is 3.63. The van der Waals surface area contributed by atoms with Gasteiger partial charge in [0.15, 0.2) is 11.3 Å². The Bertz CT molecular complexity index is 1950. The van der Waals surface area contributed by atoms with Crippen molar-refractivity contribution in [3.05, 3.63) is 82.9 Å². The van der Waals surface area contributed by atoms with E-state index in [-0.39, 0.29) is 27.4 Å². The second-order valence-corrected chi connectivity index (χ2v) is 13.7. The van der Waals surface area contributed by atoms with Crippen LogP contribution in [0.1, 0.15) is 42.1 Å². The van der Waals surface area contributed by atoms with Crippen LogP contribution in [0, 0.1) is 13.8 Å². The van der Waals surface area contributed by atoms with Crippen molar-refractivity contribution in [1.29, 1.82) is 0 Å². The molecule has 39 heavy (non-hydrogen) atoms. The summed E-state index contributed by atoms with van der Waals surface area (Å²) in [7, 11) is -7.64. The summed E-state index contributed by atoms with van der Waals surface area (Å²) in [5.74, 6) is 0.555. The van der Waals surface area contributed by atoms with Crippen LogP contribution in [-0.4, -0.2) is 46.4 Å². The molecule has 1 saturated carbocycles. The summed E-state index contributed by atoms with van der Waals surface area (Å²) in [6, 6.07) is 12.9. The van der Waals surface area contributed by atoms with Gasteiger partial charge in [0.25, 0.3) is 10.0 Å². The Kier molecular flexibility index (Phi) is 6.25. The molecule has 5 aromatic rings. The van der Waals surface area contributed by atoms with E-state index < -0.39 is 20.0 Å². The van der Waals surface area contributed by atoms with Crippen LogP contribution in [-0.2, 0) is 20.0 Å². The molecule has 10 nitrogen and oxygen atoms in total. The van der Waals surface area contributed by atoms with Crippen LogP contribution in [0.2, 0.25) is 5.02 Å². The maximum Gasteiger partial charge on any atom is 0.269 e. The Morgan fingerprint density at radius 2 is 1.74 bits per heavy atom. The van der Waals surface area contributed by atoms with Gasteiger partial charge in [-0.3, -0.25) is 4.40 Å². The lowest BCUT2D eigenvalue weighted by Gasteiger charge is -2.15. The number of fused-ring (bicyclic) bond motifs is 3. The van der Waals surface area contributed by atoms with Crippen molar-refractivity contribution >= 4 is 48.5 Å². The number of aromatic nitrogens is 5. The van der Waals surface area contributed by atoms with Crippen molar-refractivity contribution in [2.75, 3.05) is 0 Å². The monoisotopic (exact) mass is 584 g/mol. The fourth-order valence-corrected chi connectivity index (χ4v) is 8.30. The van der Waals surface area contributed by atoms with Gasteiger partial charge in [0.05, 0.1) is 21.5 Å². The van der Waals surface area contributed by atoms with Gasteiger partial charge in [-0.25, -0.2) is 30.5 Å². The Hall–Kier alpha value is -3.32. The van der Waals surface area contributed by atoms with Crippen LogP contribution in [0.5, 0.6) is 0 Å². The number of nitrogens with one attached hydrogen (secondary N) is 1. The number of hydrogen-bond donors (Lipinski definition) is 1. The molecule has 6 rings (SSSR count). The van der Waals surface area contributed by atoms with E-state index in [4.69, 9.17) is 11.6 Å². The molecule has 0 aliphatic heterocycles. The quantitative estimate of drug-likeness (QED) is 0.317. The molecule has 13 heteroatoms. The second-order valence-electron chi connectivity index (χ2n) is 9.84. The highest BCUT2D eigenvalue weighted by molar-refractivity contribution is 7.90. The largest absolute Gasteiger partial charge is 0.274 e. The third kappa shape index (κ3) is 4.41. The summed E-state index contributed by atoms with van der Waals surface area (Å²) in [5, 5.41) is 9.06. The number of rotatable bonds is 6. The van der Waals surface area contributed by atoms with Gasteiger partial charge < -0.3 is 0 Å². The Morgan fingerprint density at radius 1 is 0.974 bits per heavy atom. The normalized spacial score (nSPS) is 18.3. The summed E-state index contributed by atoms with van der Waals surface area (Å²) >= 11 is 6.15. The Labute approximate surface area is 230 Å². The van der Waals surface area contributed by atoms with E-state index in [2.05, 4.69) is 19.9 Å². The molecule has 2 atom stereocenters. The van der Waals surface area contributed by atoms with Crippen LogP contribution >= 0.6 is 11.6 Å². The van der Waals surface area contributed by atoms with E-state index in [1.54, 1.807) is 55.5 Å². The summed E-state index contributed by atoms with van der Waals surface area (Å²) in [6.07, 6.45) is 4.81. The molecule has 1 aliphatic rings. The molecule has 1 fully saturated rings. The molecule has 2 aromatic carbocycles. The highest BCUT2D eigenvalue weighted by Gasteiger charge is 2.33. The number of nitrogens with zero attached hydrogens (tertiary/aromatic N) is 5. The number of halogens is 1. The molecule has 0 radical (unpaired) electrons. The molecule has 0 bridgehead atoms. The molecule has 0 spiro atoms. The molecule has 3 heterocycles. The molecule has 0 unspecified atom stereocenters. The maximum absolute atomic E-state index is 13.4. The zero-order valence-electron chi connectivity index (χ0n) is 21.1. The fourth-order valence-electron chi connectivity index (χ4n) is 5.22. The Balaban J connectivity index is 1.32. The zero-order chi connectivity index (χ0) is 27.5. The standard InChI is InChI=1S/C26H25ClN6O4S2/c1-16-6-10-20(11-7-16)39(36,37)32-13-12-22-26(32)28-15-24-29-30-25(33(22)24)18-8-9-19(14-18)31-38(34,35)23-5-3-4-21(27)17(23)2/h3-7,10-13,15,18-19,31H,8-9,14H2,1-2H3/t18-,19+/m1/s1. The van der Waals surface area contributed by atoms with Crippen LogP contribution in [0.25, 0.3) is 16.8 Å². The lowest BCUT2D eigenvalue weighted by molar-refractivity contribution is 0.546. The van der Waals surface area contributed by atoms with Gasteiger partial charge in [-0.1, -0.05) is 35.4 Å². The van der Waals surface area contributed by atoms with Crippen LogP contribution in [0.4, 0.5) is 0 Å². The summed E-state index contributed by atoms with van der Waals surface area (Å²) in [5.41, 5.74) is 2.77. The van der Waals surface area contributed by atoms with E-state index in [0.29, 0.717) is 46.8 Å². The number of sulfonamides is 1. The molecular formula is C26H25ClN6O4S2. The first-order chi connectivity index (χ1) is 18.6. The van der Waals surface area contributed by atoms with Gasteiger partial charge in [0.2, 0.25) is 10.0 Å². The summed E-state index contributed by atoms with van der Waals surface area (Å²) in [6.45, 7) is 3.57. The Morgan fingerprint density at radius 3 is 2.51 bits per heavy atom. The maximum atomic E-state index is 13.4. The fraction of sp³-hybridized carbons (Fsp3) is 0.269. The molecule has 3 aromatic heterocycles. The summed E-state index contributed by atoms with van der Waals surface area (Å²) in [4.78, 5) is 4.72. The lowest BCUT2D eigenvalue weighted by atomic mass is 10.1. The molecule has 0 saturated heterocycles. The minimum atomic E-state index is -3.87. The number of aryl methyl sites for hydroxylation is 1. The molecular weight excluding hydrogens is 560 g/mol. The summed E-state index contributed by atoms with van der Waals surface area (Å²) < 4.78 is 58.8. The van der Waals surface area contributed by atoms with Gasteiger partial charge in [-0.05, 0) is 69.0 Å². The van der Waals surface area contributed by atoms with E-state index in [0.717, 1.165) is 9.54 Å². The van der Waals surface area contributed by atoms with E-state index in [9.17, 15) is 16.8 Å². The zero-order valence-corrected chi connectivity index (χ0v) is 23.5. The highest BCUT2D eigenvalue weighted by atomic mass is 35.5. The van der Waals surface area contributed by atoms with Gasteiger partial charge >= 0.3 is 0 Å². The number of hydrogen-bond acceptors (Lipinski definition) is 7. The predicted octanol–water partition coefficient (Wildman–Crippen LogP) is 4.20. The smallest absolute Gasteiger partial charge is 0.269 e. The van der Waals surface area contributed by atoms with Crippen molar-refractivity contribution in [3.63, 3.8) is 0 Å². The highest BCUT2D eigenvalue weighted by Crippen LogP contribution is 2.36. The van der Waals surface area contributed by atoms with Crippen molar-refractivity contribution in [3.8, 4) is 0 Å². The van der Waals surface area contributed by atoms with Gasteiger partial charge in [-0.2, -0.15) is 0 Å². The topological polar surface area (TPSA) is 128 Å². The molecule has 1 aliphatic carbocycles. The molecule has 202 valence electrons. The average molecular weight is 585 g/mol. The first kappa shape index (κ1) is 25.9. The number of benzene rings is 2. The van der Waals surface area contributed by atoms with E-state index in [1.807, 2.05) is 11.3 Å². The van der Waals surface area contributed by atoms with E-state index in [1.165, 1.54) is 12.4 Å². The molecule has 1 N–H and O–H groups in total. The first-order valence-corrected chi connectivity index (χ1v) is 15.7. The van der Waals surface area contributed by atoms with Crippen molar-refractivity contribution < 1.29 is 16.8 Å². The third-order valence-electron chi connectivity index (χ3n) is 7.27. The molecule has 0 amide bonds. The van der Waals surface area contributed by atoms with Crippen molar-refractivity contribution in [2.45, 2.75) is 54.9 Å². The van der Waals surface area contributed by atoms with Crippen molar-refractivity contribution in [2.24, 2.45) is 0 Å². The SMILES string of the molecule is Cc1ccc(S(=O)(=O)n2ccc3c2ncc2nnc([C@@H]4CC[C@H](NS(=O)(=O)c5cccc(Cl)c5C)C4)n23)cc1. The minimum Gasteiger partial charge on any atom is -0.274 e. The van der Waals surface area contributed by atoms with Gasteiger partial charge in [0, 0.05) is 23.2 Å². The van der Waals surface area contributed by atoms with Crippen LogP contribution in [0.15, 0.2) is 70.7 Å².